The molecule has 0 radical (unpaired) electrons. The van der Waals surface area contributed by atoms with Crippen LogP contribution in [-0.4, -0.2) is 41.0 Å². The Hall–Kier alpha value is -1.70. The predicted molar refractivity (Wildman–Crippen MR) is 73.7 cm³/mol. The normalized spacial score (nSPS) is 12.2. The average Bonchev–Trinajstić information content (AvgIpc) is 2.45. The first-order chi connectivity index (χ1) is 9.58. The van der Waals surface area contributed by atoms with Crippen molar-refractivity contribution < 1.29 is 19.9 Å². The number of hydrogen-bond acceptors (Lipinski definition) is 6. The van der Waals surface area contributed by atoms with Crippen LogP contribution in [0.4, 0.5) is 5.69 Å². The first kappa shape index (κ1) is 16.4. The van der Waals surface area contributed by atoms with Gasteiger partial charge in [0.25, 0.3) is 0 Å². The summed E-state index contributed by atoms with van der Waals surface area (Å²) >= 11 is 0. The van der Waals surface area contributed by atoms with Gasteiger partial charge in [-0.3, -0.25) is 10.1 Å². The van der Waals surface area contributed by atoms with E-state index in [0.717, 1.165) is 18.5 Å². The van der Waals surface area contributed by atoms with E-state index in [4.69, 9.17) is 9.84 Å². The Bertz CT molecular complexity index is 439. The summed E-state index contributed by atoms with van der Waals surface area (Å²) in [5, 5.41) is 32.0. The number of benzene rings is 1. The second-order valence-electron chi connectivity index (χ2n) is 4.38. The van der Waals surface area contributed by atoms with E-state index in [1.807, 2.05) is 6.92 Å². The second-order valence-corrected chi connectivity index (χ2v) is 4.38. The number of nitro benzene ring substituents is 1. The standard InChI is InChI=1S/C13H20N2O5/c1-2-5-14-7-10-3-4-13(12(6-10)15(18)19)20-9-11(17)8-16/h3-4,6,11,14,16-17H,2,5,7-9H2,1H3. The van der Waals surface area contributed by atoms with E-state index < -0.39 is 17.6 Å². The van der Waals surface area contributed by atoms with Gasteiger partial charge in [0.2, 0.25) is 0 Å². The maximum Gasteiger partial charge on any atom is 0.311 e. The van der Waals surface area contributed by atoms with Crippen molar-refractivity contribution in [2.75, 3.05) is 19.8 Å². The quantitative estimate of drug-likeness (QED) is 0.352. The lowest BCUT2D eigenvalue weighted by atomic mass is 10.2. The minimum atomic E-state index is -1.06. The Kier molecular flexibility index (Phi) is 6.92. The van der Waals surface area contributed by atoms with E-state index in [9.17, 15) is 15.2 Å². The lowest BCUT2D eigenvalue weighted by Crippen LogP contribution is -2.21. The van der Waals surface area contributed by atoms with E-state index in [0.29, 0.717) is 6.54 Å². The van der Waals surface area contributed by atoms with E-state index in [2.05, 4.69) is 5.32 Å². The molecule has 0 fully saturated rings. The Morgan fingerprint density at radius 3 is 2.85 bits per heavy atom. The zero-order valence-corrected chi connectivity index (χ0v) is 11.4. The van der Waals surface area contributed by atoms with E-state index >= 15 is 0 Å². The molecule has 20 heavy (non-hydrogen) atoms. The molecule has 7 nitrogen and oxygen atoms in total. The van der Waals surface area contributed by atoms with Gasteiger partial charge in [0.1, 0.15) is 12.7 Å². The molecule has 0 spiro atoms. The Labute approximate surface area is 117 Å². The van der Waals surface area contributed by atoms with Gasteiger partial charge in [-0.2, -0.15) is 0 Å². The molecule has 1 atom stereocenters. The Morgan fingerprint density at radius 2 is 2.25 bits per heavy atom. The average molecular weight is 284 g/mol. The molecule has 0 saturated heterocycles. The maximum atomic E-state index is 11.0. The van der Waals surface area contributed by atoms with Crippen LogP contribution in [-0.2, 0) is 6.54 Å². The van der Waals surface area contributed by atoms with Crippen LogP contribution in [0.25, 0.3) is 0 Å². The maximum absolute atomic E-state index is 11.0. The minimum Gasteiger partial charge on any atom is -0.484 e. The Balaban J connectivity index is 2.76. The summed E-state index contributed by atoms with van der Waals surface area (Å²) in [4.78, 5) is 10.5. The van der Waals surface area contributed by atoms with Gasteiger partial charge < -0.3 is 20.3 Å². The summed E-state index contributed by atoms with van der Waals surface area (Å²) in [6, 6.07) is 4.69. The van der Waals surface area contributed by atoms with Gasteiger partial charge in [-0.05, 0) is 24.6 Å². The molecular formula is C13H20N2O5. The molecule has 1 aromatic carbocycles. The number of ether oxygens (including phenoxy) is 1. The molecule has 0 heterocycles. The smallest absolute Gasteiger partial charge is 0.311 e. The van der Waals surface area contributed by atoms with Crippen LogP contribution in [0, 0.1) is 10.1 Å². The molecule has 1 rings (SSSR count). The molecule has 0 aliphatic heterocycles. The summed E-state index contributed by atoms with van der Waals surface area (Å²) < 4.78 is 5.16. The monoisotopic (exact) mass is 284 g/mol. The molecule has 3 N–H and O–H groups in total. The number of nitrogens with one attached hydrogen (secondary N) is 1. The highest BCUT2D eigenvalue weighted by atomic mass is 16.6. The number of hydrogen-bond donors (Lipinski definition) is 3. The fourth-order valence-corrected chi connectivity index (χ4v) is 1.59. The number of rotatable bonds is 9. The largest absolute Gasteiger partial charge is 0.484 e. The SMILES string of the molecule is CCCNCc1ccc(OCC(O)CO)c([N+](=O)[O-])c1. The molecular weight excluding hydrogens is 264 g/mol. The van der Waals surface area contributed by atoms with Crippen LogP contribution in [0.3, 0.4) is 0 Å². The highest BCUT2D eigenvalue weighted by Crippen LogP contribution is 2.28. The number of aliphatic hydroxyl groups is 2. The van der Waals surface area contributed by atoms with E-state index in [1.165, 1.54) is 12.1 Å². The number of nitro groups is 1. The molecule has 112 valence electrons. The molecule has 0 aliphatic carbocycles. The molecule has 0 aromatic heterocycles. The van der Waals surface area contributed by atoms with Crippen LogP contribution < -0.4 is 10.1 Å². The van der Waals surface area contributed by atoms with E-state index in [1.54, 1.807) is 6.07 Å². The highest BCUT2D eigenvalue weighted by Gasteiger charge is 2.17. The zero-order valence-electron chi connectivity index (χ0n) is 11.4. The third-order valence-corrected chi connectivity index (χ3v) is 2.62. The number of nitrogens with zero attached hydrogens (tertiary/aromatic N) is 1. The van der Waals surface area contributed by atoms with Crippen molar-refractivity contribution in [3.8, 4) is 5.75 Å². The van der Waals surface area contributed by atoms with Gasteiger partial charge in [-0.25, -0.2) is 0 Å². The fraction of sp³-hybridized carbons (Fsp3) is 0.538. The van der Waals surface area contributed by atoms with E-state index in [-0.39, 0.29) is 18.0 Å². The summed E-state index contributed by atoms with van der Waals surface area (Å²) in [6.45, 7) is 2.79. The minimum absolute atomic E-state index is 0.0849. The fourth-order valence-electron chi connectivity index (χ4n) is 1.59. The first-order valence-corrected chi connectivity index (χ1v) is 6.48. The van der Waals surface area contributed by atoms with Gasteiger partial charge >= 0.3 is 5.69 Å². The van der Waals surface area contributed by atoms with Crippen molar-refractivity contribution in [3.63, 3.8) is 0 Å². The molecule has 1 unspecified atom stereocenters. The lowest BCUT2D eigenvalue weighted by molar-refractivity contribution is -0.386. The van der Waals surface area contributed by atoms with Crippen LogP contribution >= 0.6 is 0 Å². The molecule has 0 aliphatic rings. The summed E-state index contributed by atoms with van der Waals surface area (Å²) in [5.74, 6) is 0.0849. The topological polar surface area (TPSA) is 105 Å². The van der Waals surface area contributed by atoms with Crippen molar-refractivity contribution in [1.82, 2.24) is 5.32 Å². The summed E-state index contributed by atoms with van der Waals surface area (Å²) in [6.07, 6.45) is -0.0667. The first-order valence-electron chi connectivity index (χ1n) is 6.48. The summed E-state index contributed by atoms with van der Waals surface area (Å²) in [7, 11) is 0. The van der Waals surface area contributed by atoms with Crippen molar-refractivity contribution in [3.05, 3.63) is 33.9 Å². The lowest BCUT2D eigenvalue weighted by Gasteiger charge is -2.11. The number of aliphatic hydroxyl groups excluding tert-OH is 2. The molecule has 1 aromatic rings. The van der Waals surface area contributed by atoms with Crippen LogP contribution in [0.15, 0.2) is 18.2 Å². The van der Waals surface area contributed by atoms with Crippen molar-refractivity contribution in [2.45, 2.75) is 26.0 Å². The molecule has 0 saturated carbocycles. The molecule has 7 heteroatoms. The van der Waals surface area contributed by atoms with Crippen molar-refractivity contribution >= 4 is 5.69 Å². The third kappa shape index (κ3) is 5.12. The van der Waals surface area contributed by atoms with Crippen LogP contribution in [0.5, 0.6) is 5.75 Å². The third-order valence-electron chi connectivity index (χ3n) is 2.62. The van der Waals surface area contributed by atoms with Crippen molar-refractivity contribution in [2.24, 2.45) is 0 Å². The van der Waals surface area contributed by atoms with Crippen molar-refractivity contribution in [1.29, 1.82) is 0 Å². The van der Waals surface area contributed by atoms with Gasteiger partial charge in [-0.1, -0.05) is 13.0 Å². The van der Waals surface area contributed by atoms with Gasteiger partial charge in [0, 0.05) is 12.6 Å². The molecule has 0 amide bonds. The van der Waals surface area contributed by atoms with Gasteiger partial charge in [-0.15, -0.1) is 0 Å². The van der Waals surface area contributed by atoms with Crippen LogP contribution in [0.2, 0.25) is 0 Å². The Morgan fingerprint density at radius 1 is 1.50 bits per heavy atom. The predicted octanol–water partition coefficient (Wildman–Crippen LogP) is 0.826. The van der Waals surface area contributed by atoms with Crippen LogP contribution in [0.1, 0.15) is 18.9 Å². The van der Waals surface area contributed by atoms with Gasteiger partial charge in [0.15, 0.2) is 5.75 Å². The molecule has 0 bridgehead atoms. The summed E-state index contributed by atoms with van der Waals surface area (Å²) in [5.41, 5.74) is 0.645. The van der Waals surface area contributed by atoms with Gasteiger partial charge in [0.05, 0.1) is 11.5 Å². The zero-order chi connectivity index (χ0) is 15.0. The second kappa shape index (κ2) is 8.47. The highest BCUT2D eigenvalue weighted by molar-refractivity contribution is 5.48.